The number of anilines is 1. The summed E-state index contributed by atoms with van der Waals surface area (Å²) in [5, 5.41) is 12.1. The normalized spacial score (nSPS) is 16.5. The fourth-order valence-electron chi connectivity index (χ4n) is 3.21. The third-order valence-corrected chi connectivity index (χ3v) is 4.70. The maximum atomic E-state index is 13.2. The number of amides is 2. The number of aromatic nitrogens is 2. The van der Waals surface area contributed by atoms with Crippen molar-refractivity contribution in [2.24, 2.45) is 0 Å². The summed E-state index contributed by atoms with van der Waals surface area (Å²) in [6, 6.07) is 5.13. The van der Waals surface area contributed by atoms with Gasteiger partial charge in [0.15, 0.2) is 0 Å². The van der Waals surface area contributed by atoms with Crippen molar-refractivity contribution >= 4 is 28.7 Å². The molecule has 1 aliphatic heterocycles. The Morgan fingerprint density at radius 1 is 1.17 bits per heavy atom. The van der Waals surface area contributed by atoms with Gasteiger partial charge in [-0.25, -0.2) is 4.79 Å². The van der Waals surface area contributed by atoms with Gasteiger partial charge < -0.3 is 14.7 Å². The van der Waals surface area contributed by atoms with Gasteiger partial charge in [0.2, 0.25) is 0 Å². The number of carbonyl (C=O) groups is 2. The number of aliphatic hydroxyl groups is 1. The van der Waals surface area contributed by atoms with Crippen LogP contribution in [-0.2, 0) is 14.4 Å². The zero-order valence-electron chi connectivity index (χ0n) is 17.1. The van der Waals surface area contributed by atoms with Gasteiger partial charge in [-0.3, -0.25) is 19.6 Å². The number of hydrogen-bond donors (Lipinski definition) is 1. The average Bonchev–Trinajstić information content (AvgIpc) is 2.68. The van der Waals surface area contributed by atoms with Crippen LogP contribution in [0, 0.1) is 0 Å². The van der Waals surface area contributed by atoms with Crippen LogP contribution in [0.3, 0.4) is 0 Å². The Hall–Kier alpha value is -2.78. The molecule has 1 saturated heterocycles. The van der Waals surface area contributed by atoms with Gasteiger partial charge in [0.05, 0.1) is 12.6 Å². The summed E-state index contributed by atoms with van der Waals surface area (Å²) >= 11 is 0. The largest absolute Gasteiger partial charge is 0.444 e. The zero-order chi connectivity index (χ0) is 21.2. The standard InChI is InChI=1S/C20H26N4O5/c1-19(2,3)29-18(26)23-12-8-20(27,9-13-23)17(25)24(28-4)15-7-11-21-14-6-5-10-22-16(14)15/h5-7,10-11,27H,8-9,12-13H2,1-4H3. The maximum Gasteiger partial charge on any atom is 0.410 e. The molecule has 0 aliphatic carbocycles. The minimum absolute atomic E-state index is 0.0708. The van der Waals surface area contributed by atoms with Gasteiger partial charge in [-0.05, 0) is 39.0 Å². The zero-order valence-corrected chi connectivity index (χ0v) is 17.1. The summed E-state index contributed by atoms with van der Waals surface area (Å²) in [7, 11) is 1.35. The van der Waals surface area contributed by atoms with E-state index in [0.29, 0.717) is 16.7 Å². The molecule has 0 spiro atoms. The van der Waals surface area contributed by atoms with Crippen molar-refractivity contribution in [3.8, 4) is 0 Å². The van der Waals surface area contributed by atoms with E-state index in [1.54, 1.807) is 51.4 Å². The molecule has 29 heavy (non-hydrogen) atoms. The van der Waals surface area contributed by atoms with Gasteiger partial charge in [-0.15, -0.1) is 0 Å². The molecular formula is C20H26N4O5. The predicted molar refractivity (Wildman–Crippen MR) is 106 cm³/mol. The van der Waals surface area contributed by atoms with Gasteiger partial charge >= 0.3 is 6.09 Å². The molecule has 0 aromatic carbocycles. The Morgan fingerprint density at radius 2 is 1.86 bits per heavy atom. The van der Waals surface area contributed by atoms with E-state index >= 15 is 0 Å². The van der Waals surface area contributed by atoms with Crippen LogP contribution in [0.5, 0.6) is 0 Å². The second-order valence-electron chi connectivity index (χ2n) is 7.98. The number of rotatable bonds is 3. The molecule has 1 N–H and O–H groups in total. The van der Waals surface area contributed by atoms with Crippen molar-refractivity contribution in [2.45, 2.75) is 44.8 Å². The minimum Gasteiger partial charge on any atom is -0.444 e. The number of pyridine rings is 2. The van der Waals surface area contributed by atoms with Crippen molar-refractivity contribution in [2.75, 3.05) is 25.3 Å². The van der Waals surface area contributed by atoms with Crippen molar-refractivity contribution < 1.29 is 24.3 Å². The van der Waals surface area contributed by atoms with E-state index in [1.165, 1.54) is 12.0 Å². The van der Waals surface area contributed by atoms with Crippen LogP contribution in [0.15, 0.2) is 30.6 Å². The van der Waals surface area contributed by atoms with E-state index in [0.717, 1.165) is 5.06 Å². The van der Waals surface area contributed by atoms with Gasteiger partial charge in [0.25, 0.3) is 5.91 Å². The fraction of sp³-hybridized carbons (Fsp3) is 0.500. The molecule has 2 aromatic rings. The van der Waals surface area contributed by atoms with Gasteiger partial charge in [0, 0.05) is 38.3 Å². The molecule has 3 rings (SSSR count). The minimum atomic E-state index is -1.67. The second-order valence-corrected chi connectivity index (χ2v) is 7.98. The van der Waals surface area contributed by atoms with Gasteiger partial charge in [-0.2, -0.15) is 5.06 Å². The maximum absolute atomic E-state index is 13.2. The molecule has 0 unspecified atom stereocenters. The van der Waals surface area contributed by atoms with Crippen LogP contribution in [0.4, 0.5) is 10.5 Å². The molecule has 0 radical (unpaired) electrons. The highest BCUT2D eigenvalue weighted by atomic mass is 16.7. The Bertz CT molecular complexity index is 898. The topological polar surface area (TPSA) is 105 Å². The highest BCUT2D eigenvalue weighted by Crippen LogP contribution is 2.30. The summed E-state index contributed by atoms with van der Waals surface area (Å²) < 4.78 is 5.36. The van der Waals surface area contributed by atoms with Gasteiger partial charge in [-0.1, -0.05) is 0 Å². The number of piperidine rings is 1. The van der Waals surface area contributed by atoms with Crippen LogP contribution >= 0.6 is 0 Å². The van der Waals surface area contributed by atoms with Crippen LogP contribution in [0.1, 0.15) is 33.6 Å². The number of ether oxygens (including phenoxy) is 1. The van der Waals surface area contributed by atoms with Crippen molar-refractivity contribution in [3.63, 3.8) is 0 Å². The monoisotopic (exact) mass is 402 g/mol. The highest BCUT2D eigenvalue weighted by molar-refractivity contribution is 6.03. The molecule has 156 valence electrons. The first-order chi connectivity index (χ1) is 13.6. The summed E-state index contributed by atoms with van der Waals surface area (Å²) in [6.07, 6.45) is 2.83. The first-order valence-electron chi connectivity index (χ1n) is 9.43. The van der Waals surface area contributed by atoms with E-state index in [4.69, 9.17) is 9.57 Å². The molecule has 0 bridgehead atoms. The number of nitrogens with zero attached hydrogens (tertiary/aromatic N) is 4. The molecule has 9 nitrogen and oxygen atoms in total. The third-order valence-electron chi connectivity index (χ3n) is 4.70. The van der Waals surface area contributed by atoms with E-state index in [9.17, 15) is 14.7 Å². The lowest BCUT2D eigenvalue weighted by atomic mass is 9.90. The lowest BCUT2D eigenvalue weighted by Crippen LogP contribution is -2.56. The lowest BCUT2D eigenvalue weighted by molar-refractivity contribution is -0.148. The van der Waals surface area contributed by atoms with E-state index < -0.39 is 23.2 Å². The summed E-state index contributed by atoms with van der Waals surface area (Å²) in [5.41, 5.74) is -0.792. The number of hydrogen-bond acceptors (Lipinski definition) is 7. The van der Waals surface area contributed by atoms with Gasteiger partial charge in [0.1, 0.15) is 22.4 Å². The van der Waals surface area contributed by atoms with Crippen molar-refractivity contribution in [1.82, 2.24) is 14.9 Å². The van der Waals surface area contributed by atoms with Crippen LogP contribution in [0.2, 0.25) is 0 Å². The molecule has 2 amide bonds. The molecule has 9 heteroatoms. The molecule has 1 aliphatic rings. The van der Waals surface area contributed by atoms with Crippen LogP contribution in [-0.4, -0.2) is 63.4 Å². The smallest absolute Gasteiger partial charge is 0.410 e. The van der Waals surface area contributed by atoms with E-state index in [-0.39, 0.29) is 25.9 Å². The molecular weight excluding hydrogens is 376 g/mol. The molecule has 1 fully saturated rings. The van der Waals surface area contributed by atoms with Crippen molar-refractivity contribution in [1.29, 1.82) is 0 Å². The quantitative estimate of drug-likeness (QED) is 0.785. The Kier molecular flexibility index (Phi) is 5.72. The summed E-state index contributed by atoms with van der Waals surface area (Å²) in [6.45, 7) is 5.77. The fourth-order valence-corrected chi connectivity index (χ4v) is 3.21. The highest BCUT2D eigenvalue weighted by Gasteiger charge is 2.44. The number of likely N-dealkylation sites (tertiary alicyclic amines) is 1. The van der Waals surface area contributed by atoms with Crippen molar-refractivity contribution in [3.05, 3.63) is 30.6 Å². The SMILES string of the molecule is CON(C(=O)C1(O)CCN(C(=O)OC(C)(C)C)CC1)c1ccnc2cccnc12. The van der Waals surface area contributed by atoms with E-state index in [2.05, 4.69) is 9.97 Å². The molecule has 0 saturated carbocycles. The summed E-state index contributed by atoms with van der Waals surface area (Å²) in [5.74, 6) is -0.609. The molecule has 2 aromatic heterocycles. The Labute approximate surface area is 169 Å². The second kappa shape index (κ2) is 7.92. The first kappa shape index (κ1) is 20.9. The lowest BCUT2D eigenvalue weighted by Gasteiger charge is -2.39. The Morgan fingerprint density at radius 3 is 2.48 bits per heavy atom. The number of carbonyl (C=O) groups excluding carboxylic acids is 2. The molecule has 3 heterocycles. The Balaban J connectivity index is 1.77. The predicted octanol–water partition coefficient (Wildman–Crippen LogP) is 2.29. The van der Waals surface area contributed by atoms with Crippen LogP contribution < -0.4 is 5.06 Å². The van der Waals surface area contributed by atoms with E-state index in [1.807, 2.05) is 0 Å². The number of hydroxylamine groups is 1. The van der Waals surface area contributed by atoms with Crippen LogP contribution in [0.25, 0.3) is 11.0 Å². The average molecular weight is 402 g/mol. The summed E-state index contributed by atoms with van der Waals surface area (Å²) in [4.78, 5) is 40.7. The first-order valence-corrected chi connectivity index (χ1v) is 9.43. The molecule has 0 atom stereocenters. The number of fused-ring (bicyclic) bond motifs is 1. The third kappa shape index (κ3) is 4.46.